The van der Waals surface area contributed by atoms with Gasteiger partial charge in [0.25, 0.3) is 0 Å². The van der Waals surface area contributed by atoms with Crippen molar-refractivity contribution in [3.05, 3.63) is 41.5 Å². The number of ether oxygens (including phenoxy) is 2. The van der Waals surface area contributed by atoms with Gasteiger partial charge < -0.3 is 9.47 Å². The summed E-state index contributed by atoms with van der Waals surface area (Å²) in [5.41, 5.74) is 2.18. The van der Waals surface area contributed by atoms with E-state index in [0.29, 0.717) is 11.0 Å². The molecule has 2 aliphatic heterocycles. The van der Waals surface area contributed by atoms with Gasteiger partial charge in [-0.15, -0.1) is 0 Å². The molecule has 2 aliphatic rings. The number of aryl methyl sites for hydroxylation is 1. The highest BCUT2D eigenvalue weighted by Gasteiger charge is 2.54. The van der Waals surface area contributed by atoms with Crippen LogP contribution in [0, 0.1) is 6.92 Å². The average Bonchev–Trinajstić information content (AvgIpc) is 3.44. The van der Waals surface area contributed by atoms with Crippen LogP contribution in [0.1, 0.15) is 58.9 Å². The molecule has 0 aromatic heterocycles. The molecule has 0 aliphatic carbocycles. The number of allylic oxidation sites excluding steroid dienone is 1. The second kappa shape index (κ2) is 7.34. The summed E-state index contributed by atoms with van der Waals surface area (Å²) < 4.78 is 36.4. The predicted molar refractivity (Wildman–Crippen MR) is 108 cm³/mol. The van der Waals surface area contributed by atoms with Gasteiger partial charge in [0.1, 0.15) is 0 Å². The fraction of sp³-hybridized carbons (Fsp3) is 0.636. The van der Waals surface area contributed by atoms with Gasteiger partial charge in [-0.2, -0.15) is 0 Å². The Labute approximate surface area is 163 Å². The van der Waals surface area contributed by atoms with Gasteiger partial charge in [-0.25, -0.2) is 8.42 Å². The molecule has 2 heterocycles. The van der Waals surface area contributed by atoms with Crippen molar-refractivity contribution in [1.82, 2.24) is 0 Å². The van der Waals surface area contributed by atoms with E-state index in [4.69, 9.17) is 9.47 Å². The van der Waals surface area contributed by atoms with Gasteiger partial charge >= 0.3 is 0 Å². The third-order valence-electron chi connectivity index (χ3n) is 5.93. The molecule has 1 aromatic rings. The summed E-state index contributed by atoms with van der Waals surface area (Å²) >= 11 is 0. The molecule has 0 radical (unpaired) electrons. The lowest BCUT2D eigenvalue weighted by Crippen LogP contribution is -2.13. The number of hydrogen-bond acceptors (Lipinski definition) is 4. The van der Waals surface area contributed by atoms with Gasteiger partial charge in [-0.3, -0.25) is 0 Å². The summed E-state index contributed by atoms with van der Waals surface area (Å²) in [5, 5.41) is 0. The number of epoxide rings is 2. The second-order valence-electron chi connectivity index (χ2n) is 8.85. The molecule has 2 fully saturated rings. The Kier molecular flexibility index (Phi) is 5.59. The number of sulfone groups is 1. The Morgan fingerprint density at radius 1 is 1.07 bits per heavy atom. The van der Waals surface area contributed by atoms with Crippen molar-refractivity contribution in [3.8, 4) is 0 Å². The molecule has 3 atom stereocenters. The fourth-order valence-electron chi connectivity index (χ4n) is 3.59. The molecule has 0 amide bonds. The lowest BCUT2D eigenvalue weighted by atomic mass is 9.94. The van der Waals surface area contributed by atoms with Crippen molar-refractivity contribution in [1.29, 1.82) is 0 Å². The third kappa shape index (κ3) is 5.21. The quantitative estimate of drug-likeness (QED) is 0.455. The summed E-state index contributed by atoms with van der Waals surface area (Å²) in [6, 6.07) is 7.04. The summed E-state index contributed by atoms with van der Waals surface area (Å²) in [4.78, 5) is 0.389. The maximum absolute atomic E-state index is 12.4. The average molecular weight is 393 g/mol. The summed E-state index contributed by atoms with van der Waals surface area (Å²) in [6.07, 6.45) is 6.37. The van der Waals surface area contributed by atoms with E-state index in [-0.39, 0.29) is 23.1 Å². The van der Waals surface area contributed by atoms with Crippen LogP contribution in [0.15, 0.2) is 40.8 Å². The third-order valence-corrected chi connectivity index (χ3v) is 7.53. The molecule has 1 aromatic carbocycles. The predicted octanol–water partition coefficient (Wildman–Crippen LogP) is 4.61. The van der Waals surface area contributed by atoms with Gasteiger partial charge in [0, 0.05) is 0 Å². The highest BCUT2D eigenvalue weighted by Crippen LogP contribution is 2.47. The summed E-state index contributed by atoms with van der Waals surface area (Å²) in [5.74, 6) is 0.0544. The molecule has 5 heteroatoms. The van der Waals surface area contributed by atoms with E-state index in [2.05, 4.69) is 20.8 Å². The Hall–Kier alpha value is -1.17. The van der Waals surface area contributed by atoms with Gasteiger partial charge in [-0.1, -0.05) is 29.3 Å². The van der Waals surface area contributed by atoms with Gasteiger partial charge in [0.15, 0.2) is 9.84 Å². The molecule has 0 saturated carbocycles. The maximum Gasteiger partial charge on any atom is 0.181 e. The normalized spacial score (nSPS) is 29.6. The van der Waals surface area contributed by atoms with Gasteiger partial charge in [0.2, 0.25) is 0 Å². The van der Waals surface area contributed by atoms with E-state index in [1.54, 1.807) is 12.1 Å². The molecule has 27 heavy (non-hydrogen) atoms. The SMILES string of the molecule is C/C(=C\CS(=O)(=O)c1ccc(C)cc1)CC[C@H]1O[C@]1(C)CC[C@H]1OC1(C)C. The Morgan fingerprint density at radius 3 is 2.30 bits per heavy atom. The minimum absolute atomic E-state index is 0.0315. The van der Waals surface area contributed by atoms with Gasteiger partial charge in [0.05, 0.1) is 34.1 Å². The first kappa shape index (κ1) is 20.6. The number of benzene rings is 1. The van der Waals surface area contributed by atoms with Crippen molar-refractivity contribution in [2.24, 2.45) is 0 Å². The lowest BCUT2D eigenvalue weighted by molar-refractivity contribution is 0.274. The van der Waals surface area contributed by atoms with Crippen LogP contribution in [0.5, 0.6) is 0 Å². The van der Waals surface area contributed by atoms with Crippen molar-refractivity contribution in [3.63, 3.8) is 0 Å². The van der Waals surface area contributed by atoms with Crippen LogP contribution in [-0.4, -0.2) is 37.6 Å². The van der Waals surface area contributed by atoms with Crippen LogP contribution in [0.4, 0.5) is 0 Å². The first-order valence-electron chi connectivity index (χ1n) is 9.83. The fourth-order valence-corrected chi connectivity index (χ4v) is 4.83. The zero-order valence-electron chi connectivity index (χ0n) is 17.1. The molecule has 150 valence electrons. The Balaban J connectivity index is 1.43. The van der Waals surface area contributed by atoms with Crippen LogP contribution in [0.3, 0.4) is 0 Å². The standard InChI is InChI=1S/C22H32O4S/c1-16-6-9-18(10-7-16)27(23,24)15-13-17(2)8-11-20-22(5,26-20)14-12-19-21(3,4)25-19/h6-7,9-10,13,19-20H,8,11-12,14-15H2,1-5H3/b17-13+/t19-,20-,22-/m1/s1. The van der Waals surface area contributed by atoms with Gasteiger partial charge in [-0.05, 0) is 72.4 Å². The monoisotopic (exact) mass is 392 g/mol. The molecule has 3 rings (SSSR count). The van der Waals surface area contributed by atoms with E-state index >= 15 is 0 Å². The Morgan fingerprint density at radius 2 is 1.70 bits per heavy atom. The van der Waals surface area contributed by atoms with E-state index in [1.807, 2.05) is 32.1 Å². The van der Waals surface area contributed by atoms with E-state index < -0.39 is 9.84 Å². The first-order valence-corrected chi connectivity index (χ1v) is 11.5. The van der Waals surface area contributed by atoms with Crippen LogP contribution in [0.2, 0.25) is 0 Å². The second-order valence-corrected chi connectivity index (χ2v) is 10.9. The molecular formula is C22H32O4S. The zero-order chi connectivity index (χ0) is 19.9. The molecule has 0 bridgehead atoms. The number of hydrogen-bond donors (Lipinski definition) is 0. The van der Waals surface area contributed by atoms with E-state index in [0.717, 1.165) is 36.8 Å². The smallest absolute Gasteiger partial charge is 0.181 e. The molecular weight excluding hydrogens is 360 g/mol. The van der Waals surface area contributed by atoms with E-state index in [9.17, 15) is 8.42 Å². The first-order chi connectivity index (χ1) is 12.5. The molecule has 4 nitrogen and oxygen atoms in total. The zero-order valence-corrected chi connectivity index (χ0v) is 17.9. The van der Waals surface area contributed by atoms with E-state index in [1.165, 1.54) is 0 Å². The molecule has 0 spiro atoms. The van der Waals surface area contributed by atoms with Crippen LogP contribution >= 0.6 is 0 Å². The Bertz CT molecular complexity index is 807. The summed E-state index contributed by atoms with van der Waals surface area (Å²) in [7, 11) is -3.26. The highest BCUT2D eigenvalue weighted by molar-refractivity contribution is 7.91. The van der Waals surface area contributed by atoms with Crippen molar-refractivity contribution in [2.45, 2.75) is 88.6 Å². The highest BCUT2D eigenvalue weighted by atomic mass is 32.2. The lowest BCUT2D eigenvalue weighted by Gasteiger charge is -2.06. The molecule has 0 N–H and O–H groups in total. The largest absolute Gasteiger partial charge is 0.367 e. The van der Waals surface area contributed by atoms with Crippen LogP contribution in [0.25, 0.3) is 0 Å². The van der Waals surface area contributed by atoms with Crippen molar-refractivity contribution < 1.29 is 17.9 Å². The van der Waals surface area contributed by atoms with Crippen molar-refractivity contribution in [2.75, 3.05) is 5.75 Å². The summed E-state index contributed by atoms with van der Waals surface area (Å²) in [6.45, 7) is 10.4. The number of rotatable bonds is 9. The molecule has 2 saturated heterocycles. The van der Waals surface area contributed by atoms with Crippen LogP contribution < -0.4 is 0 Å². The topological polar surface area (TPSA) is 59.2 Å². The minimum atomic E-state index is -3.26. The molecule has 0 unspecified atom stereocenters. The maximum atomic E-state index is 12.4. The van der Waals surface area contributed by atoms with Crippen LogP contribution in [-0.2, 0) is 19.3 Å². The minimum Gasteiger partial charge on any atom is -0.367 e. The van der Waals surface area contributed by atoms with Crippen molar-refractivity contribution >= 4 is 9.84 Å².